The van der Waals surface area contributed by atoms with Gasteiger partial charge in [-0.3, -0.25) is 0 Å². The van der Waals surface area contributed by atoms with Crippen molar-refractivity contribution in [3.05, 3.63) is 147 Å². The van der Waals surface area contributed by atoms with Crippen LogP contribution in [0.3, 0.4) is 0 Å². The molecule has 47 heavy (non-hydrogen) atoms. The molecule has 6 heteroatoms. The van der Waals surface area contributed by atoms with Gasteiger partial charge in [-0.1, -0.05) is 11.6 Å². The van der Waals surface area contributed by atoms with Crippen molar-refractivity contribution >= 4 is 32.8 Å². The number of aryl methyl sites for hydroxylation is 5. The Morgan fingerprint density at radius 2 is 1.43 bits per heavy atom. The number of hydrogen-bond acceptors (Lipinski definition) is 2. The molecule has 5 aromatic carbocycles. The number of para-hydroxylation sites is 2. The number of hydrogen-bond donors (Lipinski definition) is 0. The Bertz CT molecular complexity index is 2680. The monoisotopic (exact) mass is 794 g/mol. The molecule has 0 N–H and O–H groups in total. The summed E-state index contributed by atoms with van der Waals surface area (Å²) in [6.07, 6.45) is 1.54. The van der Waals surface area contributed by atoms with Crippen molar-refractivity contribution in [1.82, 2.24) is 18.7 Å². The summed E-state index contributed by atoms with van der Waals surface area (Å²) in [5.41, 5.74) is 10.9. The number of benzene rings is 5. The van der Waals surface area contributed by atoms with Crippen LogP contribution in [0.4, 0.5) is 0 Å². The SMILES string of the molecule is [2H]C([2H])([2H])c1ccnc(-n2c3[c-]c(Oc4[c-]c(-n5[c](=[Pt])n(-c6c(C)cc(C)cc6C)c6ccccc65)ccc4)ccc3c3cc(C)ccc32)c1. The molecule has 0 aliphatic carbocycles. The predicted molar refractivity (Wildman–Crippen MR) is 186 cm³/mol. The second-order valence-corrected chi connectivity index (χ2v) is 13.0. The average Bonchev–Trinajstić information content (AvgIpc) is 3.54. The molecule has 0 radical (unpaired) electrons. The van der Waals surface area contributed by atoms with Crippen molar-refractivity contribution in [2.45, 2.75) is 34.5 Å². The zero-order valence-electron chi connectivity index (χ0n) is 29.3. The Kier molecular flexibility index (Phi) is 6.31. The van der Waals surface area contributed by atoms with Gasteiger partial charge in [-0.05, 0) is 25.4 Å². The summed E-state index contributed by atoms with van der Waals surface area (Å²) in [5.74, 6) is 1.56. The second-order valence-electron chi connectivity index (χ2n) is 12.0. The molecule has 8 rings (SSSR count). The standard InChI is InChI=1S/C41H32N4O.Pt/c1-26-13-16-36-35(21-26)34-15-14-33(24-39(34)45(36)40-22-27(2)17-18-42-40)46-32-10-8-9-31(23-32)43-25-44(38-12-7-6-11-37(38)43)41-29(4)19-28(3)20-30(41)5;/h6-22H,1-5H3;/q-2;/i2D3;. The summed E-state index contributed by atoms with van der Waals surface area (Å²) in [6.45, 7) is 6.26. The molecule has 0 aliphatic heterocycles. The Balaban J connectivity index is 1.24. The first-order valence-corrected chi connectivity index (χ1v) is 16.5. The third-order valence-electron chi connectivity index (χ3n) is 8.56. The van der Waals surface area contributed by atoms with Crippen molar-refractivity contribution in [3.63, 3.8) is 0 Å². The van der Waals surface area contributed by atoms with Gasteiger partial charge in [-0.15, -0.1) is 0 Å². The van der Waals surface area contributed by atoms with Crippen LogP contribution in [0.2, 0.25) is 0 Å². The van der Waals surface area contributed by atoms with Crippen LogP contribution in [0.1, 0.15) is 31.9 Å². The van der Waals surface area contributed by atoms with E-state index >= 15 is 0 Å². The first-order chi connectivity index (χ1) is 24.0. The molecule has 0 atom stereocenters. The summed E-state index contributed by atoms with van der Waals surface area (Å²) < 4.78 is 37.9. The van der Waals surface area contributed by atoms with Gasteiger partial charge >= 0.3 is 243 Å². The fourth-order valence-corrected chi connectivity index (χ4v) is 7.78. The molecule has 3 heterocycles. The molecule has 8 aromatic rings. The second kappa shape index (κ2) is 11.4. The fraction of sp³-hybridized carbons (Fsp3) is 0.122. The van der Waals surface area contributed by atoms with Crippen LogP contribution in [0.5, 0.6) is 11.5 Å². The van der Waals surface area contributed by atoms with Gasteiger partial charge in [-0.2, -0.15) is 0 Å². The van der Waals surface area contributed by atoms with Crippen LogP contribution >= 0.6 is 0 Å². The number of rotatable bonds is 5. The van der Waals surface area contributed by atoms with E-state index in [1.807, 2.05) is 47.0 Å². The number of ether oxygens (including phenoxy) is 1. The van der Waals surface area contributed by atoms with E-state index in [0.717, 1.165) is 47.9 Å². The van der Waals surface area contributed by atoms with E-state index in [9.17, 15) is 0 Å². The molecule has 0 fully saturated rings. The Hall–Kier alpha value is -4.99. The van der Waals surface area contributed by atoms with Crippen molar-refractivity contribution in [2.75, 3.05) is 0 Å². The topological polar surface area (TPSA) is 36.9 Å². The molecule has 0 unspecified atom stereocenters. The van der Waals surface area contributed by atoms with Crippen LogP contribution in [0.15, 0.2) is 103 Å². The van der Waals surface area contributed by atoms with E-state index in [2.05, 4.69) is 116 Å². The van der Waals surface area contributed by atoms with Gasteiger partial charge in [0.05, 0.1) is 0 Å². The molecule has 5 nitrogen and oxygen atoms in total. The molecule has 0 saturated heterocycles. The normalized spacial score (nSPS) is 12.9. The number of fused-ring (bicyclic) bond motifs is 4. The van der Waals surface area contributed by atoms with Crippen molar-refractivity contribution in [1.29, 1.82) is 0 Å². The van der Waals surface area contributed by atoms with Crippen LogP contribution < -0.4 is 4.74 Å². The van der Waals surface area contributed by atoms with Gasteiger partial charge in [0.2, 0.25) is 0 Å². The number of aromatic nitrogens is 4. The van der Waals surface area contributed by atoms with Crippen LogP contribution in [-0.2, 0) is 19.4 Å². The molecular weight excluding hydrogens is 760 g/mol. The summed E-state index contributed by atoms with van der Waals surface area (Å²) in [4.78, 5) is 4.59. The summed E-state index contributed by atoms with van der Waals surface area (Å²) in [6, 6.07) is 39.1. The van der Waals surface area contributed by atoms with Crippen LogP contribution in [0, 0.1) is 50.5 Å². The molecule has 0 saturated carbocycles. The molecule has 0 spiro atoms. The summed E-state index contributed by atoms with van der Waals surface area (Å²) >= 11 is 2.41. The van der Waals surface area contributed by atoms with E-state index in [0.29, 0.717) is 17.3 Å². The number of pyridine rings is 1. The Labute approximate surface area is 288 Å². The minimum absolute atomic E-state index is 0.227. The van der Waals surface area contributed by atoms with Gasteiger partial charge in [0.25, 0.3) is 0 Å². The zero-order valence-corrected chi connectivity index (χ0v) is 28.6. The predicted octanol–water partition coefficient (Wildman–Crippen LogP) is 9.93. The fourth-order valence-electron chi connectivity index (χ4n) is 6.70. The van der Waals surface area contributed by atoms with Crippen molar-refractivity contribution < 1.29 is 28.2 Å². The minimum atomic E-state index is -2.26. The van der Waals surface area contributed by atoms with E-state index < -0.39 is 6.85 Å². The third-order valence-corrected chi connectivity index (χ3v) is 9.57. The summed E-state index contributed by atoms with van der Waals surface area (Å²) in [5, 5.41) is 1.99. The Morgan fingerprint density at radius 1 is 0.660 bits per heavy atom. The van der Waals surface area contributed by atoms with Gasteiger partial charge in [0.1, 0.15) is 0 Å². The quantitative estimate of drug-likeness (QED) is 0.163. The van der Waals surface area contributed by atoms with E-state index in [-0.39, 0.29) is 5.56 Å². The van der Waals surface area contributed by atoms with Gasteiger partial charge < -0.3 is 0 Å². The average molecular weight is 795 g/mol. The number of nitrogens with zero attached hydrogens (tertiary/aromatic N) is 4. The van der Waals surface area contributed by atoms with Crippen molar-refractivity contribution in [2.24, 2.45) is 0 Å². The van der Waals surface area contributed by atoms with Crippen LogP contribution in [0.25, 0.3) is 50.0 Å². The summed E-state index contributed by atoms with van der Waals surface area (Å²) in [7, 11) is 0. The van der Waals surface area contributed by atoms with Crippen molar-refractivity contribution in [3.8, 4) is 28.7 Å². The van der Waals surface area contributed by atoms with Crippen LogP contribution in [-0.4, -0.2) is 18.7 Å². The molecule has 234 valence electrons. The molecular formula is C41H32N4OPt-2. The van der Waals surface area contributed by atoms with E-state index in [4.69, 9.17) is 8.85 Å². The molecule has 0 bridgehead atoms. The zero-order chi connectivity index (χ0) is 34.9. The number of imidazole rings is 1. The van der Waals surface area contributed by atoms with E-state index in [1.165, 1.54) is 28.4 Å². The maximum atomic E-state index is 7.98. The molecule has 0 aliphatic rings. The molecule has 3 aromatic heterocycles. The first-order valence-electron chi connectivity index (χ1n) is 16.9. The third kappa shape index (κ3) is 4.97. The van der Waals surface area contributed by atoms with E-state index in [1.54, 1.807) is 12.3 Å². The Morgan fingerprint density at radius 3 is 2.21 bits per heavy atom. The first kappa shape index (κ1) is 26.1. The van der Waals surface area contributed by atoms with Gasteiger partial charge in [0, 0.05) is 10.3 Å². The van der Waals surface area contributed by atoms with Gasteiger partial charge in [0.15, 0.2) is 0 Å². The van der Waals surface area contributed by atoms with Gasteiger partial charge in [-0.25, -0.2) is 0 Å². The maximum absolute atomic E-state index is 7.98. The molecule has 0 amide bonds.